The second-order valence-corrected chi connectivity index (χ2v) is 9.01. The van der Waals surface area contributed by atoms with Crippen molar-refractivity contribution in [2.24, 2.45) is 0 Å². The monoisotopic (exact) mass is 469 g/mol. The molecule has 0 atom stereocenters. The molecule has 0 aromatic heterocycles. The third-order valence-corrected chi connectivity index (χ3v) is 6.08. The fraction of sp³-hybridized carbons (Fsp3) is 0.280. The van der Waals surface area contributed by atoms with Crippen LogP contribution in [0, 0.1) is 13.8 Å². The first-order valence-electron chi connectivity index (χ1n) is 10.3. The van der Waals surface area contributed by atoms with E-state index in [9.17, 15) is 4.79 Å². The zero-order valence-corrected chi connectivity index (χ0v) is 20.2. The van der Waals surface area contributed by atoms with Crippen molar-refractivity contribution in [1.82, 2.24) is 4.90 Å². The van der Waals surface area contributed by atoms with E-state index in [4.69, 9.17) is 26.4 Å². The van der Waals surface area contributed by atoms with Crippen molar-refractivity contribution in [1.29, 1.82) is 0 Å². The molecule has 168 valence electrons. The van der Waals surface area contributed by atoms with Crippen molar-refractivity contribution in [3.8, 4) is 17.2 Å². The zero-order chi connectivity index (χ0) is 23.1. The first-order valence-corrected chi connectivity index (χ1v) is 11.5. The topological polar surface area (TPSA) is 48.0 Å². The lowest BCUT2D eigenvalue weighted by atomic mass is 10.1. The Hall–Kier alpha value is -2.77. The molecular formula is C25H27NO4S2. The van der Waals surface area contributed by atoms with E-state index >= 15 is 0 Å². The molecule has 1 aliphatic heterocycles. The number of nitrogens with zero attached hydrogens (tertiary/aromatic N) is 1. The standard InChI is InChI=1S/C25H27NO4S2/c1-5-10-26-24(27)22(32-25(26)31)16-19-8-6-9-21(28-4)23(19)30-12-7-11-29-20-14-17(2)13-18(3)15-20/h5-6,8-9,13-16H,1,7,10-12H2,2-4H3/b22-16-. The van der Waals surface area contributed by atoms with Crippen molar-refractivity contribution in [3.05, 3.63) is 70.6 Å². The second-order valence-electron chi connectivity index (χ2n) is 7.33. The van der Waals surface area contributed by atoms with Crippen molar-refractivity contribution in [2.45, 2.75) is 20.3 Å². The van der Waals surface area contributed by atoms with Crippen molar-refractivity contribution < 1.29 is 19.0 Å². The van der Waals surface area contributed by atoms with Gasteiger partial charge in [-0.2, -0.15) is 0 Å². The van der Waals surface area contributed by atoms with Gasteiger partial charge in [0.15, 0.2) is 11.5 Å². The number of aryl methyl sites for hydroxylation is 2. The van der Waals surface area contributed by atoms with Gasteiger partial charge in [-0.1, -0.05) is 48.3 Å². The third kappa shape index (κ3) is 5.93. The van der Waals surface area contributed by atoms with Crippen LogP contribution in [-0.2, 0) is 4.79 Å². The number of methoxy groups -OCH3 is 1. The normalized spacial score (nSPS) is 14.7. The molecule has 2 aromatic rings. The Morgan fingerprint density at radius 3 is 2.53 bits per heavy atom. The van der Waals surface area contributed by atoms with Gasteiger partial charge in [0.2, 0.25) is 0 Å². The molecule has 0 saturated carbocycles. The van der Waals surface area contributed by atoms with Gasteiger partial charge >= 0.3 is 0 Å². The van der Waals surface area contributed by atoms with Gasteiger partial charge < -0.3 is 14.2 Å². The smallest absolute Gasteiger partial charge is 0.266 e. The Balaban J connectivity index is 1.67. The summed E-state index contributed by atoms with van der Waals surface area (Å²) in [6.45, 7) is 9.17. The molecule has 1 heterocycles. The van der Waals surface area contributed by atoms with Gasteiger partial charge in [-0.15, -0.1) is 6.58 Å². The molecule has 32 heavy (non-hydrogen) atoms. The van der Waals surface area contributed by atoms with Crippen LogP contribution in [0.4, 0.5) is 0 Å². The van der Waals surface area contributed by atoms with E-state index < -0.39 is 0 Å². The highest BCUT2D eigenvalue weighted by molar-refractivity contribution is 8.26. The summed E-state index contributed by atoms with van der Waals surface area (Å²) in [5.41, 5.74) is 3.11. The fourth-order valence-corrected chi connectivity index (χ4v) is 4.59. The summed E-state index contributed by atoms with van der Waals surface area (Å²) < 4.78 is 17.9. The fourth-order valence-electron chi connectivity index (χ4n) is 3.33. The maximum atomic E-state index is 12.7. The lowest BCUT2D eigenvalue weighted by Gasteiger charge is -2.14. The van der Waals surface area contributed by atoms with Gasteiger partial charge in [0.05, 0.1) is 25.2 Å². The van der Waals surface area contributed by atoms with Crippen molar-refractivity contribution >= 4 is 40.3 Å². The summed E-state index contributed by atoms with van der Waals surface area (Å²) in [6.07, 6.45) is 4.16. The average Bonchev–Trinajstić information content (AvgIpc) is 3.01. The SMILES string of the molecule is C=CCN1C(=O)/C(=C/c2cccc(OC)c2OCCCOc2cc(C)cc(C)c2)SC1=S. The first kappa shape index (κ1) is 23.9. The summed E-state index contributed by atoms with van der Waals surface area (Å²) >= 11 is 6.60. The van der Waals surface area contributed by atoms with Crippen LogP contribution in [0.3, 0.4) is 0 Å². The van der Waals surface area contributed by atoms with Gasteiger partial charge in [-0.05, 0) is 49.2 Å². The van der Waals surface area contributed by atoms with E-state index in [1.807, 2.05) is 30.3 Å². The lowest BCUT2D eigenvalue weighted by molar-refractivity contribution is -0.121. The average molecular weight is 470 g/mol. The van der Waals surface area contributed by atoms with E-state index in [1.165, 1.54) is 27.8 Å². The van der Waals surface area contributed by atoms with Crippen LogP contribution >= 0.6 is 24.0 Å². The van der Waals surface area contributed by atoms with Gasteiger partial charge in [-0.3, -0.25) is 9.69 Å². The largest absolute Gasteiger partial charge is 0.493 e. The number of thioether (sulfide) groups is 1. The van der Waals surface area contributed by atoms with Gasteiger partial charge in [0.1, 0.15) is 10.1 Å². The highest BCUT2D eigenvalue weighted by atomic mass is 32.2. The summed E-state index contributed by atoms with van der Waals surface area (Å²) in [5, 5.41) is 0. The number of rotatable bonds is 10. The van der Waals surface area contributed by atoms with E-state index in [1.54, 1.807) is 19.3 Å². The highest BCUT2D eigenvalue weighted by Gasteiger charge is 2.31. The number of carbonyl (C=O) groups excluding carboxylic acids is 1. The van der Waals surface area contributed by atoms with Crippen molar-refractivity contribution in [3.63, 3.8) is 0 Å². The van der Waals surface area contributed by atoms with Crippen LogP contribution in [0.5, 0.6) is 17.2 Å². The van der Waals surface area contributed by atoms with Gasteiger partial charge in [0.25, 0.3) is 5.91 Å². The molecule has 1 fully saturated rings. The molecule has 0 N–H and O–H groups in total. The number of carbonyl (C=O) groups is 1. The molecule has 3 rings (SSSR count). The van der Waals surface area contributed by atoms with Crippen LogP contribution < -0.4 is 14.2 Å². The Morgan fingerprint density at radius 1 is 1.12 bits per heavy atom. The van der Waals surface area contributed by atoms with Crippen molar-refractivity contribution in [2.75, 3.05) is 26.9 Å². The molecule has 0 bridgehead atoms. The number of hydrogen-bond donors (Lipinski definition) is 0. The van der Waals surface area contributed by atoms with Crippen LogP contribution in [0.1, 0.15) is 23.1 Å². The zero-order valence-electron chi connectivity index (χ0n) is 18.6. The molecule has 5 nitrogen and oxygen atoms in total. The molecular weight excluding hydrogens is 442 g/mol. The molecule has 0 spiro atoms. The number of thiocarbonyl (C=S) groups is 1. The molecule has 0 radical (unpaired) electrons. The number of hydrogen-bond acceptors (Lipinski definition) is 6. The van der Waals surface area contributed by atoms with Crippen LogP contribution in [-0.4, -0.2) is 42.0 Å². The number of ether oxygens (including phenoxy) is 3. The van der Waals surface area contributed by atoms with Gasteiger partial charge in [-0.25, -0.2) is 0 Å². The molecule has 1 saturated heterocycles. The Labute approximate surface area is 199 Å². The Morgan fingerprint density at radius 2 is 1.84 bits per heavy atom. The first-order chi connectivity index (χ1) is 15.4. The molecule has 1 aliphatic rings. The quantitative estimate of drug-likeness (QED) is 0.197. The lowest BCUT2D eigenvalue weighted by Crippen LogP contribution is -2.27. The predicted octanol–water partition coefficient (Wildman–Crippen LogP) is 5.55. The molecule has 7 heteroatoms. The number of amides is 1. The second kappa shape index (κ2) is 11.2. The number of para-hydroxylation sites is 1. The van der Waals surface area contributed by atoms with E-state index in [0.29, 0.717) is 46.9 Å². The summed E-state index contributed by atoms with van der Waals surface area (Å²) in [6, 6.07) is 11.8. The minimum atomic E-state index is -0.129. The van der Waals surface area contributed by atoms with E-state index in [-0.39, 0.29) is 5.91 Å². The molecule has 1 amide bonds. The minimum Gasteiger partial charge on any atom is -0.493 e. The number of benzene rings is 2. The molecule has 0 unspecified atom stereocenters. The Kier molecular flexibility index (Phi) is 8.36. The molecule has 2 aromatic carbocycles. The maximum Gasteiger partial charge on any atom is 0.266 e. The Bertz CT molecular complexity index is 1030. The van der Waals surface area contributed by atoms with Gasteiger partial charge in [0, 0.05) is 18.5 Å². The third-order valence-electron chi connectivity index (χ3n) is 4.70. The summed E-state index contributed by atoms with van der Waals surface area (Å²) in [4.78, 5) is 14.8. The molecule has 0 aliphatic carbocycles. The van der Waals surface area contributed by atoms with Crippen LogP contribution in [0.2, 0.25) is 0 Å². The summed E-state index contributed by atoms with van der Waals surface area (Å²) in [7, 11) is 1.60. The highest BCUT2D eigenvalue weighted by Crippen LogP contribution is 2.37. The van der Waals surface area contributed by atoms with E-state index in [2.05, 4.69) is 26.5 Å². The van der Waals surface area contributed by atoms with Crippen LogP contribution in [0.25, 0.3) is 6.08 Å². The van der Waals surface area contributed by atoms with Crippen LogP contribution in [0.15, 0.2) is 54.0 Å². The summed E-state index contributed by atoms with van der Waals surface area (Å²) in [5.74, 6) is 1.93. The predicted molar refractivity (Wildman–Crippen MR) is 135 cm³/mol. The van der Waals surface area contributed by atoms with E-state index in [0.717, 1.165) is 11.3 Å². The minimum absolute atomic E-state index is 0.129. The maximum absolute atomic E-state index is 12.7.